The van der Waals surface area contributed by atoms with E-state index in [1.165, 1.54) is 5.56 Å². The van der Waals surface area contributed by atoms with Crippen molar-refractivity contribution in [3.63, 3.8) is 0 Å². The number of para-hydroxylation sites is 2. The van der Waals surface area contributed by atoms with Gasteiger partial charge in [-0.1, -0.05) is 42.0 Å². The van der Waals surface area contributed by atoms with E-state index in [4.69, 9.17) is 9.47 Å². The van der Waals surface area contributed by atoms with Gasteiger partial charge in [0.25, 0.3) is 0 Å². The van der Waals surface area contributed by atoms with Crippen LogP contribution in [-0.2, 0) is 0 Å². The molecule has 2 aromatic carbocycles. The van der Waals surface area contributed by atoms with Crippen LogP contribution < -0.4 is 9.47 Å². The minimum absolute atomic E-state index is 0.152. The van der Waals surface area contributed by atoms with Crippen LogP contribution in [0.3, 0.4) is 0 Å². The topological polar surface area (TPSA) is 42.2 Å². The molecule has 0 saturated carbocycles. The van der Waals surface area contributed by atoms with Crippen molar-refractivity contribution >= 4 is 0 Å². The molecule has 0 spiro atoms. The molecule has 0 saturated heterocycles. The zero-order chi connectivity index (χ0) is 15.1. The molecule has 3 nitrogen and oxygen atoms in total. The third-order valence-corrected chi connectivity index (χ3v) is 3.37. The molecule has 108 valence electrons. The van der Waals surface area contributed by atoms with Crippen LogP contribution in [0.5, 0.6) is 11.5 Å². The maximum absolute atomic E-state index is 9.32. The Labute approximate surface area is 125 Å². The Kier molecular flexibility index (Phi) is 5.22. The molecule has 0 aromatic heterocycles. The summed E-state index contributed by atoms with van der Waals surface area (Å²) >= 11 is 0. The predicted molar refractivity (Wildman–Crippen MR) is 82.6 cm³/mol. The minimum atomic E-state index is -0.152. The summed E-state index contributed by atoms with van der Waals surface area (Å²) in [5.41, 5.74) is 2.23. The number of nitrogens with zero attached hydrogens (tertiary/aromatic N) is 1. The second-order valence-electron chi connectivity index (χ2n) is 4.88. The number of hydrogen-bond acceptors (Lipinski definition) is 3. The van der Waals surface area contributed by atoms with Gasteiger partial charge in [-0.2, -0.15) is 5.26 Å². The first-order valence-electron chi connectivity index (χ1n) is 6.96. The normalized spacial score (nSPS) is 11.5. The lowest BCUT2D eigenvalue weighted by Gasteiger charge is -2.13. The maximum atomic E-state index is 9.32. The molecule has 1 unspecified atom stereocenters. The smallest absolute Gasteiger partial charge is 0.161 e. The summed E-state index contributed by atoms with van der Waals surface area (Å²) in [6, 6.07) is 17.9. The van der Waals surface area contributed by atoms with Gasteiger partial charge in [-0.3, -0.25) is 0 Å². The fourth-order valence-corrected chi connectivity index (χ4v) is 2.13. The molecule has 0 aliphatic carbocycles. The van der Waals surface area contributed by atoms with Crippen molar-refractivity contribution in [2.45, 2.75) is 19.3 Å². The van der Waals surface area contributed by atoms with Gasteiger partial charge < -0.3 is 9.47 Å². The van der Waals surface area contributed by atoms with Gasteiger partial charge in [0.2, 0.25) is 0 Å². The molecular formula is C18H19NO2. The third kappa shape index (κ3) is 4.00. The SMILES string of the molecule is COc1ccccc1OCCC(C#N)c1ccc(C)cc1. The lowest BCUT2D eigenvalue weighted by atomic mass is 9.97. The van der Waals surface area contributed by atoms with Gasteiger partial charge >= 0.3 is 0 Å². The maximum Gasteiger partial charge on any atom is 0.161 e. The van der Waals surface area contributed by atoms with Crippen LogP contribution in [0, 0.1) is 18.3 Å². The molecule has 0 bridgehead atoms. The number of ether oxygens (including phenoxy) is 2. The lowest BCUT2D eigenvalue weighted by Crippen LogP contribution is -2.05. The fourth-order valence-electron chi connectivity index (χ4n) is 2.13. The second-order valence-corrected chi connectivity index (χ2v) is 4.88. The van der Waals surface area contributed by atoms with E-state index in [0.717, 1.165) is 5.56 Å². The number of hydrogen-bond donors (Lipinski definition) is 0. The summed E-state index contributed by atoms with van der Waals surface area (Å²) in [6.07, 6.45) is 0.650. The van der Waals surface area contributed by atoms with Crippen molar-refractivity contribution in [2.24, 2.45) is 0 Å². The molecule has 0 fully saturated rings. The van der Waals surface area contributed by atoms with Gasteiger partial charge in [0.05, 0.1) is 25.7 Å². The molecule has 1 atom stereocenters. The van der Waals surface area contributed by atoms with E-state index in [1.54, 1.807) is 7.11 Å². The van der Waals surface area contributed by atoms with E-state index in [2.05, 4.69) is 6.07 Å². The molecule has 0 N–H and O–H groups in total. The average Bonchev–Trinajstić information content (AvgIpc) is 2.53. The number of rotatable bonds is 6. The Bertz CT molecular complexity index is 614. The number of nitriles is 1. The van der Waals surface area contributed by atoms with E-state index in [9.17, 15) is 5.26 Å². The summed E-state index contributed by atoms with van der Waals surface area (Å²) in [5, 5.41) is 9.32. The van der Waals surface area contributed by atoms with E-state index in [0.29, 0.717) is 24.5 Å². The molecule has 0 radical (unpaired) electrons. The number of benzene rings is 2. The van der Waals surface area contributed by atoms with E-state index < -0.39 is 0 Å². The van der Waals surface area contributed by atoms with Crippen LogP contribution in [-0.4, -0.2) is 13.7 Å². The van der Waals surface area contributed by atoms with Crippen molar-refractivity contribution in [1.29, 1.82) is 5.26 Å². The molecule has 0 heterocycles. The summed E-state index contributed by atoms with van der Waals surface area (Å²) < 4.78 is 11.0. The van der Waals surface area contributed by atoms with Gasteiger partial charge in [-0.25, -0.2) is 0 Å². The molecular weight excluding hydrogens is 262 g/mol. The third-order valence-electron chi connectivity index (χ3n) is 3.37. The highest BCUT2D eigenvalue weighted by Gasteiger charge is 2.11. The zero-order valence-corrected chi connectivity index (χ0v) is 12.4. The molecule has 0 aliphatic rings. The van der Waals surface area contributed by atoms with Gasteiger partial charge in [-0.15, -0.1) is 0 Å². The van der Waals surface area contributed by atoms with Crippen molar-refractivity contribution in [1.82, 2.24) is 0 Å². The summed E-state index contributed by atoms with van der Waals surface area (Å²) in [4.78, 5) is 0. The summed E-state index contributed by atoms with van der Waals surface area (Å²) in [5.74, 6) is 1.27. The first-order valence-corrected chi connectivity index (χ1v) is 6.96. The highest BCUT2D eigenvalue weighted by Crippen LogP contribution is 2.27. The summed E-state index contributed by atoms with van der Waals surface area (Å²) in [6.45, 7) is 2.52. The number of methoxy groups -OCH3 is 1. The first kappa shape index (κ1) is 14.9. The zero-order valence-electron chi connectivity index (χ0n) is 12.4. The van der Waals surface area contributed by atoms with Gasteiger partial charge in [0.15, 0.2) is 11.5 Å². The van der Waals surface area contributed by atoms with Crippen LogP contribution in [0.4, 0.5) is 0 Å². The first-order chi connectivity index (χ1) is 10.2. The van der Waals surface area contributed by atoms with E-state index in [1.807, 2.05) is 55.5 Å². The van der Waals surface area contributed by atoms with Crippen LogP contribution in [0.2, 0.25) is 0 Å². The minimum Gasteiger partial charge on any atom is -0.493 e. The molecule has 3 heteroatoms. The van der Waals surface area contributed by atoms with Crippen molar-refractivity contribution < 1.29 is 9.47 Å². The largest absolute Gasteiger partial charge is 0.493 e. The van der Waals surface area contributed by atoms with Crippen LogP contribution in [0.1, 0.15) is 23.5 Å². The van der Waals surface area contributed by atoms with Gasteiger partial charge in [0, 0.05) is 6.42 Å². The van der Waals surface area contributed by atoms with Gasteiger partial charge in [0.1, 0.15) is 0 Å². The number of aryl methyl sites for hydroxylation is 1. The summed E-state index contributed by atoms with van der Waals surface area (Å²) in [7, 11) is 1.62. The Morgan fingerprint density at radius 2 is 1.71 bits per heavy atom. The molecule has 21 heavy (non-hydrogen) atoms. The Hall–Kier alpha value is -2.47. The predicted octanol–water partition coefficient (Wildman–Crippen LogP) is 4.08. The second kappa shape index (κ2) is 7.35. The fraction of sp³-hybridized carbons (Fsp3) is 0.278. The Morgan fingerprint density at radius 1 is 1.05 bits per heavy atom. The highest BCUT2D eigenvalue weighted by atomic mass is 16.5. The Morgan fingerprint density at radius 3 is 2.33 bits per heavy atom. The Balaban J connectivity index is 1.95. The molecule has 2 rings (SSSR count). The standard InChI is InChI=1S/C18H19NO2/c1-14-7-9-15(10-8-14)16(13-19)11-12-21-18-6-4-3-5-17(18)20-2/h3-10,16H,11-12H2,1-2H3. The van der Waals surface area contributed by atoms with Crippen molar-refractivity contribution in [3.05, 3.63) is 59.7 Å². The van der Waals surface area contributed by atoms with Crippen molar-refractivity contribution in [3.8, 4) is 17.6 Å². The molecule has 0 amide bonds. The molecule has 2 aromatic rings. The molecule has 0 aliphatic heterocycles. The average molecular weight is 281 g/mol. The van der Waals surface area contributed by atoms with Crippen LogP contribution in [0.15, 0.2) is 48.5 Å². The van der Waals surface area contributed by atoms with Gasteiger partial charge in [-0.05, 0) is 24.6 Å². The van der Waals surface area contributed by atoms with E-state index in [-0.39, 0.29) is 5.92 Å². The quantitative estimate of drug-likeness (QED) is 0.801. The van der Waals surface area contributed by atoms with Crippen molar-refractivity contribution in [2.75, 3.05) is 13.7 Å². The van der Waals surface area contributed by atoms with Crippen LogP contribution >= 0.6 is 0 Å². The highest BCUT2D eigenvalue weighted by molar-refractivity contribution is 5.39. The van der Waals surface area contributed by atoms with Crippen LogP contribution in [0.25, 0.3) is 0 Å². The lowest BCUT2D eigenvalue weighted by molar-refractivity contribution is 0.285. The van der Waals surface area contributed by atoms with E-state index >= 15 is 0 Å². The monoisotopic (exact) mass is 281 g/mol.